The van der Waals surface area contributed by atoms with E-state index >= 15 is 0 Å². The Hall–Kier alpha value is -2.02. The molecule has 0 aliphatic rings. The van der Waals surface area contributed by atoms with Crippen molar-refractivity contribution in [3.05, 3.63) is 54.1 Å². The summed E-state index contributed by atoms with van der Waals surface area (Å²) in [4.78, 5) is 0. The summed E-state index contributed by atoms with van der Waals surface area (Å²) in [7, 11) is 0. The molecule has 0 amide bonds. The minimum absolute atomic E-state index is 0.818. The minimum Gasteiger partial charge on any atom is -0.399 e. The average molecular weight is 207 g/mol. The third-order valence-corrected chi connectivity index (χ3v) is 3.02. The van der Waals surface area contributed by atoms with Crippen LogP contribution in [0.4, 0.5) is 5.69 Å². The number of benzene rings is 3. The highest BCUT2D eigenvalue weighted by molar-refractivity contribution is 6.08. The van der Waals surface area contributed by atoms with E-state index in [9.17, 15) is 0 Å². The molecule has 0 aliphatic carbocycles. The molecule has 3 aromatic rings. The van der Waals surface area contributed by atoms with Gasteiger partial charge in [0.25, 0.3) is 0 Å². The van der Waals surface area contributed by atoms with Crippen molar-refractivity contribution in [3.63, 3.8) is 0 Å². The Kier molecular flexibility index (Phi) is 1.87. The van der Waals surface area contributed by atoms with Crippen LogP contribution in [0.3, 0.4) is 0 Å². The molecule has 3 aromatic carbocycles. The summed E-state index contributed by atoms with van der Waals surface area (Å²) in [6.45, 7) is 2.12. The number of aryl methyl sites for hydroxylation is 1. The van der Waals surface area contributed by atoms with E-state index in [0.29, 0.717) is 0 Å². The number of nitrogens with two attached hydrogens (primary N) is 1. The summed E-state index contributed by atoms with van der Waals surface area (Å²) in [6.07, 6.45) is 0. The molecule has 0 aromatic heterocycles. The number of fused-ring (bicyclic) bond motifs is 3. The van der Waals surface area contributed by atoms with Crippen LogP contribution in [-0.4, -0.2) is 0 Å². The molecular formula is C15H13N. The van der Waals surface area contributed by atoms with Crippen LogP contribution < -0.4 is 5.73 Å². The summed E-state index contributed by atoms with van der Waals surface area (Å²) >= 11 is 0. The van der Waals surface area contributed by atoms with Crippen LogP contribution in [0.5, 0.6) is 0 Å². The van der Waals surface area contributed by atoms with Crippen molar-refractivity contribution in [1.82, 2.24) is 0 Å². The van der Waals surface area contributed by atoms with Gasteiger partial charge in [-0.15, -0.1) is 0 Å². The van der Waals surface area contributed by atoms with Crippen molar-refractivity contribution >= 4 is 27.2 Å². The monoisotopic (exact) mass is 207 g/mol. The molecule has 16 heavy (non-hydrogen) atoms. The Bertz CT molecular complexity index is 623. The quantitative estimate of drug-likeness (QED) is 0.439. The summed E-state index contributed by atoms with van der Waals surface area (Å²) in [5.41, 5.74) is 7.90. The Morgan fingerprint density at radius 3 is 2.12 bits per heavy atom. The molecule has 0 saturated carbocycles. The van der Waals surface area contributed by atoms with Gasteiger partial charge in [0, 0.05) is 5.69 Å². The van der Waals surface area contributed by atoms with Crippen LogP contribution in [0, 0.1) is 6.92 Å². The van der Waals surface area contributed by atoms with E-state index < -0.39 is 0 Å². The second-order valence-electron chi connectivity index (χ2n) is 4.27. The first-order valence-corrected chi connectivity index (χ1v) is 5.43. The van der Waals surface area contributed by atoms with Gasteiger partial charge in [-0.1, -0.05) is 42.0 Å². The fourth-order valence-electron chi connectivity index (χ4n) is 2.21. The predicted octanol–water partition coefficient (Wildman–Crippen LogP) is 3.88. The largest absolute Gasteiger partial charge is 0.399 e. The molecule has 78 valence electrons. The van der Waals surface area contributed by atoms with Gasteiger partial charge in [0.05, 0.1) is 0 Å². The van der Waals surface area contributed by atoms with E-state index in [-0.39, 0.29) is 0 Å². The van der Waals surface area contributed by atoms with E-state index in [0.717, 1.165) is 5.69 Å². The molecule has 1 nitrogen and oxygen atoms in total. The van der Waals surface area contributed by atoms with Crippen LogP contribution in [0.1, 0.15) is 5.56 Å². The third-order valence-electron chi connectivity index (χ3n) is 3.02. The number of hydrogen-bond acceptors (Lipinski definition) is 1. The molecule has 0 radical (unpaired) electrons. The van der Waals surface area contributed by atoms with Gasteiger partial charge >= 0.3 is 0 Å². The predicted molar refractivity (Wildman–Crippen MR) is 70.6 cm³/mol. The second kappa shape index (κ2) is 3.24. The van der Waals surface area contributed by atoms with Gasteiger partial charge in [0.15, 0.2) is 0 Å². The molecule has 3 rings (SSSR count). The Morgan fingerprint density at radius 1 is 0.750 bits per heavy atom. The lowest BCUT2D eigenvalue weighted by molar-refractivity contribution is 1.51. The van der Waals surface area contributed by atoms with Crippen molar-refractivity contribution in [2.75, 3.05) is 5.73 Å². The number of rotatable bonds is 0. The molecule has 0 saturated heterocycles. The highest BCUT2D eigenvalue weighted by Gasteiger charge is 2.00. The fourth-order valence-corrected chi connectivity index (χ4v) is 2.21. The summed E-state index contributed by atoms with van der Waals surface area (Å²) in [6, 6.07) is 16.9. The zero-order chi connectivity index (χ0) is 11.1. The fraction of sp³-hybridized carbons (Fsp3) is 0.0667. The number of nitrogen functional groups attached to an aromatic ring is 1. The lowest BCUT2D eigenvalue weighted by atomic mass is 10.0. The molecule has 0 atom stereocenters. The molecule has 0 fully saturated rings. The first-order valence-electron chi connectivity index (χ1n) is 5.43. The van der Waals surface area contributed by atoms with E-state index in [1.165, 1.54) is 27.1 Å². The zero-order valence-corrected chi connectivity index (χ0v) is 9.20. The first kappa shape index (κ1) is 9.22. The normalized spacial score (nSPS) is 11.1. The SMILES string of the molecule is Cc1ccc2c(ccc3cc(N)ccc32)c1. The van der Waals surface area contributed by atoms with E-state index in [1.807, 2.05) is 12.1 Å². The maximum atomic E-state index is 5.79. The van der Waals surface area contributed by atoms with Gasteiger partial charge in [0.2, 0.25) is 0 Å². The lowest BCUT2D eigenvalue weighted by Crippen LogP contribution is -1.84. The van der Waals surface area contributed by atoms with Crippen LogP contribution in [0.25, 0.3) is 21.5 Å². The molecule has 2 N–H and O–H groups in total. The molecule has 0 aliphatic heterocycles. The summed E-state index contributed by atoms with van der Waals surface area (Å²) in [5, 5.41) is 5.06. The third kappa shape index (κ3) is 1.33. The van der Waals surface area contributed by atoms with Gasteiger partial charge in [-0.3, -0.25) is 0 Å². The van der Waals surface area contributed by atoms with Crippen molar-refractivity contribution in [3.8, 4) is 0 Å². The van der Waals surface area contributed by atoms with Gasteiger partial charge in [-0.2, -0.15) is 0 Å². The van der Waals surface area contributed by atoms with Gasteiger partial charge in [0.1, 0.15) is 0 Å². The van der Waals surface area contributed by atoms with Crippen molar-refractivity contribution in [2.24, 2.45) is 0 Å². The van der Waals surface area contributed by atoms with Crippen molar-refractivity contribution in [2.45, 2.75) is 6.92 Å². The first-order chi connectivity index (χ1) is 7.74. The zero-order valence-electron chi connectivity index (χ0n) is 9.20. The van der Waals surface area contributed by atoms with Gasteiger partial charge in [-0.25, -0.2) is 0 Å². The molecule has 0 unspecified atom stereocenters. The van der Waals surface area contributed by atoms with Gasteiger partial charge < -0.3 is 5.73 Å². The maximum absolute atomic E-state index is 5.79. The Labute approximate surface area is 94.5 Å². The van der Waals surface area contributed by atoms with Gasteiger partial charge in [-0.05, 0) is 40.6 Å². The maximum Gasteiger partial charge on any atom is 0.0320 e. The summed E-state index contributed by atoms with van der Waals surface area (Å²) in [5.74, 6) is 0. The highest BCUT2D eigenvalue weighted by Crippen LogP contribution is 2.27. The standard InChI is InChI=1S/C15H13N/c1-10-2-6-14-11(8-10)3-4-12-9-13(16)5-7-15(12)14/h2-9H,16H2,1H3. The van der Waals surface area contributed by atoms with Crippen LogP contribution in [0.15, 0.2) is 48.5 Å². The van der Waals surface area contributed by atoms with Crippen LogP contribution in [0.2, 0.25) is 0 Å². The highest BCUT2D eigenvalue weighted by atomic mass is 14.5. The minimum atomic E-state index is 0.818. The van der Waals surface area contributed by atoms with Crippen LogP contribution >= 0.6 is 0 Å². The van der Waals surface area contributed by atoms with Crippen LogP contribution in [-0.2, 0) is 0 Å². The number of hydrogen-bond donors (Lipinski definition) is 1. The second-order valence-corrected chi connectivity index (χ2v) is 4.27. The smallest absolute Gasteiger partial charge is 0.0320 e. The molecule has 0 spiro atoms. The Balaban J connectivity index is 2.50. The average Bonchev–Trinajstić information content (AvgIpc) is 2.28. The molecule has 0 heterocycles. The van der Waals surface area contributed by atoms with E-state index in [2.05, 4.69) is 43.3 Å². The molecule has 0 bridgehead atoms. The van der Waals surface area contributed by atoms with Crippen molar-refractivity contribution in [1.29, 1.82) is 0 Å². The van der Waals surface area contributed by atoms with Crippen molar-refractivity contribution < 1.29 is 0 Å². The van der Waals surface area contributed by atoms with E-state index in [1.54, 1.807) is 0 Å². The topological polar surface area (TPSA) is 26.0 Å². The Morgan fingerprint density at radius 2 is 1.38 bits per heavy atom. The lowest BCUT2D eigenvalue weighted by Gasteiger charge is -2.05. The summed E-state index contributed by atoms with van der Waals surface area (Å²) < 4.78 is 0. The number of anilines is 1. The molecular weight excluding hydrogens is 194 g/mol. The molecule has 1 heteroatoms. The van der Waals surface area contributed by atoms with E-state index in [4.69, 9.17) is 5.73 Å².